The van der Waals surface area contributed by atoms with Crippen LogP contribution in [-0.2, 0) is 11.2 Å². The monoisotopic (exact) mass is 400 g/mol. The van der Waals surface area contributed by atoms with E-state index in [1.165, 1.54) is 5.56 Å². The van der Waals surface area contributed by atoms with Crippen molar-refractivity contribution in [3.8, 4) is 11.3 Å². The molecule has 2 aromatic rings. The zero-order chi connectivity index (χ0) is 20.1. The van der Waals surface area contributed by atoms with E-state index in [4.69, 9.17) is 0 Å². The number of hydrogen-bond donors (Lipinski definition) is 1. The van der Waals surface area contributed by atoms with Crippen LogP contribution in [0.4, 0.5) is 4.79 Å². The van der Waals surface area contributed by atoms with E-state index >= 15 is 0 Å². The van der Waals surface area contributed by atoms with Crippen LogP contribution in [0.3, 0.4) is 0 Å². The zero-order valence-corrected chi connectivity index (χ0v) is 17.6. The smallest absolute Gasteiger partial charge is 0.319 e. The quantitative estimate of drug-likeness (QED) is 0.838. The molecule has 6 nitrogen and oxygen atoms in total. The summed E-state index contributed by atoms with van der Waals surface area (Å²) in [4.78, 5) is 32.5. The third-order valence-electron chi connectivity index (χ3n) is 5.03. The van der Waals surface area contributed by atoms with Crippen molar-refractivity contribution in [2.75, 3.05) is 33.7 Å². The van der Waals surface area contributed by atoms with Crippen molar-refractivity contribution in [1.29, 1.82) is 0 Å². The lowest BCUT2D eigenvalue weighted by Gasteiger charge is -2.33. The van der Waals surface area contributed by atoms with Gasteiger partial charge >= 0.3 is 6.03 Å². The fraction of sp³-hybridized carbons (Fsp3) is 0.476. The number of piperidine rings is 1. The molecular formula is C21H28N4O2S. The van der Waals surface area contributed by atoms with E-state index in [9.17, 15) is 9.59 Å². The first-order valence-electron chi connectivity index (χ1n) is 9.69. The molecular weight excluding hydrogens is 372 g/mol. The molecule has 1 aromatic heterocycles. The number of urea groups is 1. The normalized spacial score (nSPS) is 16.7. The van der Waals surface area contributed by atoms with Crippen LogP contribution in [0.5, 0.6) is 0 Å². The Balaban J connectivity index is 1.46. The molecule has 3 amide bonds. The number of hydrogen-bond acceptors (Lipinski definition) is 4. The molecule has 1 fully saturated rings. The molecule has 1 atom stereocenters. The summed E-state index contributed by atoms with van der Waals surface area (Å²) in [5, 5.41) is 6.17. The highest BCUT2D eigenvalue weighted by molar-refractivity contribution is 7.09. The summed E-state index contributed by atoms with van der Waals surface area (Å²) >= 11 is 1.65. The van der Waals surface area contributed by atoms with Crippen molar-refractivity contribution < 1.29 is 9.59 Å². The second kappa shape index (κ2) is 9.19. The maximum absolute atomic E-state index is 12.5. The maximum Gasteiger partial charge on any atom is 0.319 e. The summed E-state index contributed by atoms with van der Waals surface area (Å²) in [6.45, 7) is 3.84. The van der Waals surface area contributed by atoms with Crippen LogP contribution in [0.2, 0.25) is 0 Å². The van der Waals surface area contributed by atoms with Crippen LogP contribution in [0.15, 0.2) is 29.6 Å². The van der Waals surface area contributed by atoms with Gasteiger partial charge in [-0.05, 0) is 31.7 Å². The van der Waals surface area contributed by atoms with Gasteiger partial charge in [0, 0.05) is 44.7 Å². The van der Waals surface area contributed by atoms with Gasteiger partial charge in [-0.1, -0.05) is 24.3 Å². The minimum absolute atomic E-state index is 0.0205. The van der Waals surface area contributed by atoms with Gasteiger partial charge in [-0.25, -0.2) is 9.78 Å². The van der Waals surface area contributed by atoms with Gasteiger partial charge in [-0.2, -0.15) is 0 Å². The average molecular weight is 401 g/mol. The van der Waals surface area contributed by atoms with E-state index in [1.807, 2.05) is 6.92 Å². The topological polar surface area (TPSA) is 65.5 Å². The SMILES string of the molecule is Cc1nc(-c2ccc(CCNC(=O)C3CCCN(C(=O)N(C)C)C3)cc2)cs1. The zero-order valence-electron chi connectivity index (χ0n) is 16.8. The van der Waals surface area contributed by atoms with E-state index in [0.29, 0.717) is 13.1 Å². The molecule has 150 valence electrons. The van der Waals surface area contributed by atoms with Crippen LogP contribution >= 0.6 is 11.3 Å². The van der Waals surface area contributed by atoms with Crippen molar-refractivity contribution in [2.24, 2.45) is 5.92 Å². The first kappa shape index (κ1) is 20.3. The van der Waals surface area contributed by atoms with Gasteiger partial charge in [-0.15, -0.1) is 11.3 Å². The van der Waals surface area contributed by atoms with Gasteiger partial charge in [0.2, 0.25) is 5.91 Å². The number of nitrogens with one attached hydrogen (secondary N) is 1. The standard InChI is InChI=1S/C21H28N4O2S/c1-15-23-19(14-28-15)17-8-6-16(7-9-17)10-11-22-20(26)18-5-4-12-25(13-18)21(27)24(2)3/h6-9,14,18H,4-5,10-13H2,1-3H3,(H,22,26). The number of aryl methyl sites for hydroxylation is 1. The number of amides is 3. The predicted molar refractivity (Wildman–Crippen MR) is 112 cm³/mol. The number of benzene rings is 1. The molecule has 1 aliphatic heterocycles. The van der Waals surface area contributed by atoms with Gasteiger partial charge in [0.25, 0.3) is 0 Å². The molecule has 0 radical (unpaired) electrons. The second-order valence-electron chi connectivity index (χ2n) is 7.45. The van der Waals surface area contributed by atoms with E-state index in [-0.39, 0.29) is 17.9 Å². The molecule has 28 heavy (non-hydrogen) atoms. The molecule has 2 heterocycles. The van der Waals surface area contributed by atoms with Gasteiger partial charge < -0.3 is 15.1 Å². The largest absolute Gasteiger partial charge is 0.355 e. The van der Waals surface area contributed by atoms with Crippen molar-refractivity contribution in [2.45, 2.75) is 26.2 Å². The third-order valence-corrected chi connectivity index (χ3v) is 5.80. The first-order valence-corrected chi connectivity index (χ1v) is 10.6. The highest BCUT2D eigenvalue weighted by Crippen LogP contribution is 2.22. The Morgan fingerprint density at radius 3 is 2.68 bits per heavy atom. The van der Waals surface area contributed by atoms with Crippen LogP contribution in [0, 0.1) is 12.8 Å². The van der Waals surface area contributed by atoms with Crippen molar-refractivity contribution in [3.63, 3.8) is 0 Å². The van der Waals surface area contributed by atoms with Crippen LogP contribution in [0.25, 0.3) is 11.3 Å². The molecule has 0 saturated carbocycles. The highest BCUT2D eigenvalue weighted by atomic mass is 32.1. The lowest BCUT2D eigenvalue weighted by Crippen LogP contribution is -2.48. The fourth-order valence-electron chi connectivity index (χ4n) is 3.46. The predicted octanol–water partition coefficient (Wildman–Crippen LogP) is 3.17. The number of nitrogens with zero attached hydrogens (tertiary/aromatic N) is 3. The Labute approximate surface area is 170 Å². The second-order valence-corrected chi connectivity index (χ2v) is 8.51. The van der Waals surface area contributed by atoms with E-state index in [1.54, 1.807) is 35.2 Å². The number of rotatable bonds is 5. The molecule has 0 aliphatic carbocycles. The summed E-state index contributed by atoms with van der Waals surface area (Å²) in [7, 11) is 3.49. The Morgan fingerprint density at radius 1 is 1.29 bits per heavy atom. The first-order chi connectivity index (χ1) is 13.4. The minimum atomic E-state index is -0.118. The summed E-state index contributed by atoms with van der Waals surface area (Å²) in [6.07, 6.45) is 2.50. The Hall–Kier alpha value is -2.41. The molecule has 0 bridgehead atoms. The molecule has 1 aliphatic rings. The van der Waals surface area contributed by atoms with Crippen molar-refractivity contribution in [1.82, 2.24) is 20.1 Å². The third kappa shape index (κ3) is 5.10. The molecule has 7 heteroatoms. The van der Waals surface area contributed by atoms with E-state index in [2.05, 4.69) is 39.9 Å². The molecule has 1 unspecified atom stereocenters. The molecule has 3 rings (SSSR count). The number of thiazole rings is 1. The Morgan fingerprint density at radius 2 is 2.04 bits per heavy atom. The summed E-state index contributed by atoms with van der Waals surface area (Å²) in [6, 6.07) is 8.32. The molecule has 1 N–H and O–H groups in total. The van der Waals surface area contributed by atoms with E-state index in [0.717, 1.165) is 42.1 Å². The van der Waals surface area contributed by atoms with Gasteiger partial charge in [0.1, 0.15) is 0 Å². The summed E-state index contributed by atoms with van der Waals surface area (Å²) in [5.74, 6) is -0.0706. The number of carbonyl (C=O) groups excluding carboxylic acids is 2. The number of likely N-dealkylation sites (tertiary alicyclic amines) is 1. The average Bonchev–Trinajstić information content (AvgIpc) is 3.14. The van der Waals surface area contributed by atoms with Crippen LogP contribution in [0.1, 0.15) is 23.4 Å². The summed E-state index contributed by atoms with van der Waals surface area (Å²) in [5.41, 5.74) is 3.31. The molecule has 1 saturated heterocycles. The van der Waals surface area contributed by atoms with Gasteiger partial charge in [0.15, 0.2) is 0 Å². The number of carbonyl (C=O) groups is 2. The number of aromatic nitrogens is 1. The Kier molecular flexibility index (Phi) is 6.67. The summed E-state index contributed by atoms with van der Waals surface area (Å²) < 4.78 is 0. The minimum Gasteiger partial charge on any atom is -0.355 e. The Bertz CT molecular complexity index is 816. The molecule has 1 aromatic carbocycles. The van der Waals surface area contributed by atoms with Crippen molar-refractivity contribution >= 4 is 23.3 Å². The maximum atomic E-state index is 12.5. The van der Waals surface area contributed by atoms with E-state index < -0.39 is 0 Å². The van der Waals surface area contributed by atoms with Crippen molar-refractivity contribution in [3.05, 3.63) is 40.2 Å². The lowest BCUT2D eigenvalue weighted by molar-refractivity contribution is -0.126. The van der Waals surface area contributed by atoms with Gasteiger partial charge in [-0.3, -0.25) is 4.79 Å². The van der Waals surface area contributed by atoms with Gasteiger partial charge in [0.05, 0.1) is 16.6 Å². The molecule has 0 spiro atoms. The van der Waals surface area contributed by atoms with Crippen LogP contribution in [-0.4, -0.2) is 60.5 Å². The highest BCUT2D eigenvalue weighted by Gasteiger charge is 2.28. The van der Waals surface area contributed by atoms with Crippen LogP contribution < -0.4 is 5.32 Å². The lowest BCUT2D eigenvalue weighted by atomic mass is 9.97. The fourth-order valence-corrected chi connectivity index (χ4v) is 4.08.